The number of carbonyl (C=O) groups is 2. The van der Waals surface area contributed by atoms with E-state index in [1.54, 1.807) is 18.3 Å². The van der Waals surface area contributed by atoms with E-state index in [2.05, 4.69) is 24.9 Å². The number of piperidine rings is 1. The van der Waals surface area contributed by atoms with Gasteiger partial charge in [-0.2, -0.15) is 0 Å². The second-order valence-electron chi connectivity index (χ2n) is 11.0. The first kappa shape index (κ1) is 28.3. The van der Waals surface area contributed by atoms with Crippen LogP contribution >= 0.6 is 24.0 Å². The molecule has 1 fully saturated rings. The molecule has 0 bridgehead atoms. The maximum atomic E-state index is 14.8. The molecule has 0 unspecified atom stereocenters. The zero-order chi connectivity index (χ0) is 26.3. The number of halogens is 3. The average Bonchev–Trinajstić information content (AvgIpc) is 3.15. The normalized spacial score (nSPS) is 17.7. The molecule has 4 heterocycles. The highest BCUT2D eigenvalue weighted by Gasteiger charge is 2.39. The number of hydrogen-bond acceptors (Lipinski definition) is 4. The molecule has 0 saturated carbocycles. The van der Waals surface area contributed by atoms with E-state index in [-0.39, 0.29) is 42.0 Å². The summed E-state index contributed by atoms with van der Waals surface area (Å²) in [5.74, 6) is -0.823. The largest absolute Gasteiger partial charge is 0.480 e. The Labute approximate surface area is 233 Å². The van der Waals surface area contributed by atoms with Gasteiger partial charge in [-0.15, -0.1) is 12.4 Å². The summed E-state index contributed by atoms with van der Waals surface area (Å²) in [7, 11) is 0. The number of carboxylic acids is 1. The molecule has 7 nitrogen and oxygen atoms in total. The smallest absolute Gasteiger partial charge is 0.317 e. The highest BCUT2D eigenvalue weighted by atomic mass is 35.5. The number of benzene rings is 1. The lowest BCUT2D eigenvalue weighted by Gasteiger charge is -2.40. The summed E-state index contributed by atoms with van der Waals surface area (Å²) in [6.45, 7) is 7.09. The van der Waals surface area contributed by atoms with Crippen LogP contribution in [0.3, 0.4) is 0 Å². The van der Waals surface area contributed by atoms with E-state index >= 15 is 0 Å². The molecule has 0 aliphatic carbocycles. The number of hydrogen-bond donors (Lipinski definition) is 1. The van der Waals surface area contributed by atoms with Crippen LogP contribution in [-0.4, -0.2) is 62.5 Å². The summed E-state index contributed by atoms with van der Waals surface area (Å²) < 4.78 is 16.8. The third-order valence-electron chi connectivity index (χ3n) is 7.76. The quantitative estimate of drug-likeness (QED) is 0.452. The zero-order valence-corrected chi connectivity index (χ0v) is 23.2. The molecule has 1 aromatic carbocycles. The number of amides is 1. The van der Waals surface area contributed by atoms with Gasteiger partial charge in [0, 0.05) is 46.2 Å². The van der Waals surface area contributed by atoms with Crippen molar-refractivity contribution in [3.8, 4) is 0 Å². The Hall–Kier alpha value is -2.68. The molecular weight excluding hydrogens is 530 g/mol. The summed E-state index contributed by atoms with van der Waals surface area (Å²) in [6.07, 6.45) is 3.84. The molecule has 2 aliphatic heterocycles. The van der Waals surface area contributed by atoms with Crippen molar-refractivity contribution in [1.29, 1.82) is 0 Å². The van der Waals surface area contributed by atoms with E-state index in [1.165, 1.54) is 6.07 Å². The molecule has 0 spiro atoms. The molecular formula is C28H33Cl2FN4O3. The number of aliphatic carboxylic acids is 1. The summed E-state index contributed by atoms with van der Waals surface area (Å²) >= 11 is 5.98. The highest BCUT2D eigenvalue weighted by molar-refractivity contribution is 6.30. The second-order valence-corrected chi connectivity index (χ2v) is 11.4. The maximum absolute atomic E-state index is 14.8. The molecule has 5 rings (SSSR count). The van der Waals surface area contributed by atoms with Gasteiger partial charge < -0.3 is 14.6 Å². The summed E-state index contributed by atoms with van der Waals surface area (Å²) in [6, 6.07) is 8.68. The molecule has 0 atom stereocenters. The summed E-state index contributed by atoms with van der Waals surface area (Å²) in [5.41, 5.74) is 3.15. The Kier molecular flexibility index (Phi) is 8.35. The molecule has 1 N–H and O–H groups in total. The van der Waals surface area contributed by atoms with Gasteiger partial charge in [-0.1, -0.05) is 31.5 Å². The molecule has 10 heteroatoms. The van der Waals surface area contributed by atoms with E-state index in [0.29, 0.717) is 49.7 Å². The second kappa shape index (κ2) is 11.2. The Balaban J connectivity index is 0.00000336. The van der Waals surface area contributed by atoms with E-state index in [4.69, 9.17) is 16.7 Å². The number of likely N-dealkylation sites (tertiary alicyclic amines) is 1. The van der Waals surface area contributed by atoms with Crippen LogP contribution in [0.4, 0.5) is 4.39 Å². The van der Waals surface area contributed by atoms with Crippen molar-refractivity contribution in [2.24, 2.45) is 5.92 Å². The van der Waals surface area contributed by atoms with Crippen LogP contribution in [0, 0.1) is 11.7 Å². The predicted molar refractivity (Wildman–Crippen MR) is 147 cm³/mol. The minimum Gasteiger partial charge on any atom is -0.480 e. The maximum Gasteiger partial charge on any atom is 0.317 e. The van der Waals surface area contributed by atoms with Gasteiger partial charge >= 0.3 is 5.97 Å². The molecule has 2 aliphatic rings. The minimum absolute atomic E-state index is 0. The zero-order valence-electron chi connectivity index (χ0n) is 21.6. The van der Waals surface area contributed by atoms with E-state index in [1.807, 2.05) is 20.4 Å². The number of fused-ring (bicyclic) bond motifs is 3. The van der Waals surface area contributed by atoms with Crippen LogP contribution in [-0.2, 0) is 28.1 Å². The molecule has 38 heavy (non-hydrogen) atoms. The molecule has 0 radical (unpaired) electrons. The molecule has 1 saturated heterocycles. The van der Waals surface area contributed by atoms with Gasteiger partial charge in [0.2, 0.25) is 5.91 Å². The summed E-state index contributed by atoms with van der Waals surface area (Å²) in [4.78, 5) is 33.0. The fourth-order valence-electron chi connectivity index (χ4n) is 6.02. The highest BCUT2D eigenvalue weighted by Crippen LogP contribution is 2.41. The minimum atomic E-state index is -0.816. The van der Waals surface area contributed by atoms with Crippen molar-refractivity contribution >= 4 is 46.9 Å². The van der Waals surface area contributed by atoms with Crippen molar-refractivity contribution in [3.05, 3.63) is 64.2 Å². The Morgan fingerprint density at radius 3 is 2.63 bits per heavy atom. The fraction of sp³-hybridized carbons (Fsp3) is 0.464. The number of rotatable bonds is 6. The summed E-state index contributed by atoms with van der Waals surface area (Å²) in [5, 5.41) is 10.4. The Morgan fingerprint density at radius 2 is 1.95 bits per heavy atom. The van der Waals surface area contributed by atoms with E-state index < -0.39 is 5.97 Å². The van der Waals surface area contributed by atoms with Crippen LogP contribution in [0.15, 0.2) is 36.5 Å². The standard InChI is InChI=1S/C28H32ClFN4O3.ClH/c1-28(2)17-33(24(35)12-18-7-10-32(11-8-18)16-25(36)37)15-23-26(28)21-4-3-9-31-27(21)34(23)14-19-5-6-20(29)13-22(19)30;/h3-6,9,13,18H,7-8,10-12,14-17H2,1-2H3,(H,36,37);1H. The lowest BCUT2D eigenvalue weighted by Crippen LogP contribution is -2.46. The molecule has 3 aromatic rings. The third kappa shape index (κ3) is 5.67. The SMILES string of the molecule is CC1(C)CN(C(=O)CC2CCN(CC(=O)O)CC2)Cc2c1c1cccnc1n2Cc1ccc(Cl)cc1F.Cl. The van der Waals surface area contributed by atoms with Crippen molar-refractivity contribution in [2.75, 3.05) is 26.2 Å². The number of carboxylic acid groups (broad SMARTS) is 1. The fourth-order valence-corrected chi connectivity index (χ4v) is 6.18. The number of nitrogens with zero attached hydrogens (tertiary/aromatic N) is 4. The van der Waals surface area contributed by atoms with Crippen LogP contribution in [0.25, 0.3) is 11.0 Å². The molecule has 204 valence electrons. The van der Waals surface area contributed by atoms with Crippen molar-refractivity contribution in [3.63, 3.8) is 0 Å². The monoisotopic (exact) mass is 562 g/mol. The Bertz CT molecular complexity index is 1350. The first-order valence-corrected chi connectivity index (χ1v) is 13.1. The van der Waals surface area contributed by atoms with Gasteiger partial charge in [0.05, 0.1) is 19.6 Å². The molecule has 1 amide bonds. The van der Waals surface area contributed by atoms with Crippen LogP contribution < -0.4 is 0 Å². The third-order valence-corrected chi connectivity index (χ3v) is 7.99. The van der Waals surface area contributed by atoms with Crippen molar-refractivity contribution in [1.82, 2.24) is 19.4 Å². The lowest BCUT2D eigenvalue weighted by molar-refractivity contribution is -0.139. The van der Waals surface area contributed by atoms with Gasteiger partial charge in [0.25, 0.3) is 0 Å². The van der Waals surface area contributed by atoms with Gasteiger partial charge in [-0.05, 0) is 61.7 Å². The first-order chi connectivity index (χ1) is 17.6. The number of pyridine rings is 1. The van der Waals surface area contributed by atoms with Crippen molar-refractivity contribution < 1.29 is 19.1 Å². The Morgan fingerprint density at radius 1 is 1.21 bits per heavy atom. The van der Waals surface area contributed by atoms with Crippen molar-refractivity contribution in [2.45, 2.75) is 51.6 Å². The first-order valence-electron chi connectivity index (χ1n) is 12.7. The topological polar surface area (TPSA) is 78.7 Å². The molecule has 2 aromatic heterocycles. The van der Waals surface area contributed by atoms with Crippen LogP contribution in [0.5, 0.6) is 0 Å². The van der Waals surface area contributed by atoms with Gasteiger partial charge in [0.1, 0.15) is 11.5 Å². The van der Waals surface area contributed by atoms with Gasteiger partial charge in [-0.3, -0.25) is 14.5 Å². The lowest BCUT2D eigenvalue weighted by atomic mass is 9.79. The van der Waals surface area contributed by atoms with Crippen LogP contribution in [0.1, 0.15) is 49.9 Å². The van der Waals surface area contributed by atoms with Gasteiger partial charge in [-0.25, -0.2) is 9.37 Å². The van der Waals surface area contributed by atoms with E-state index in [9.17, 15) is 14.0 Å². The van der Waals surface area contributed by atoms with Gasteiger partial charge in [0.15, 0.2) is 0 Å². The predicted octanol–water partition coefficient (Wildman–Crippen LogP) is 5.11. The van der Waals surface area contributed by atoms with Crippen LogP contribution in [0.2, 0.25) is 5.02 Å². The number of aromatic nitrogens is 2. The average molecular weight is 564 g/mol. The van der Waals surface area contributed by atoms with E-state index in [0.717, 1.165) is 35.1 Å². The number of carbonyl (C=O) groups excluding carboxylic acids is 1.